The largest absolute Gasteiger partial charge is 0.494 e. The predicted octanol–water partition coefficient (Wildman–Crippen LogP) is 6.97. The molecule has 0 aliphatic heterocycles. The fourth-order valence-electron chi connectivity index (χ4n) is 3.58. The minimum atomic E-state index is -3.67. The molecular weight excluding hydrogens is 382 g/mol. The topological polar surface area (TPSA) is 69.4 Å². The van der Waals surface area contributed by atoms with E-state index in [9.17, 15) is 8.42 Å². The molecule has 0 bridgehead atoms. The molecule has 0 saturated carbocycles. The highest BCUT2D eigenvalue weighted by Gasteiger charge is 2.08. The van der Waals surface area contributed by atoms with E-state index in [2.05, 4.69) is 6.92 Å². The van der Waals surface area contributed by atoms with E-state index < -0.39 is 10.0 Å². The Labute approximate surface area is 179 Å². The number of sulfonamides is 1. The molecule has 1 aromatic carbocycles. The van der Waals surface area contributed by atoms with Gasteiger partial charge in [0.1, 0.15) is 5.75 Å². The van der Waals surface area contributed by atoms with Gasteiger partial charge in [0.05, 0.1) is 11.5 Å². The fraction of sp³-hybridized carbons (Fsp3) is 0.750. The molecule has 168 valence electrons. The average Bonchev–Trinajstić information content (AvgIpc) is 2.70. The highest BCUT2D eigenvalue weighted by Crippen LogP contribution is 2.17. The molecule has 0 aromatic heterocycles. The second-order valence-electron chi connectivity index (χ2n) is 8.17. The first-order chi connectivity index (χ1) is 14.0. The molecule has 0 aliphatic carbocycles. The molecule has 1 aromatic rings. The van der Waals surface area contributed by atoms with Gasteiger partial charge in [-0.25, -0.2) is 13.6 Å². The number of unbranched alkanes of at least 4 members (excludes halogenated alkanes) is 15. The molecule has 0 saturated heterocycles. The summed E-state index contributed by atoms with van der Waals surface area (Å²) in [6.07, 6.45) is 21.5. The zero-order valence-electron chi connectivity index (χ0n) is 18.5. The Bertz CT molecular complexity index is 616. The lowest BCUT2D eigenvalue weighted by atomic mass is 10.0. The van der Waals surface area contributed by atoms with Crippen molar-refractivity contribution in [3.8, 4) is 5.75 Å². The maximum atomic E-state index is 11.3. The Morgan fingerprint density at radius 3 is 1.62 bits per heavy atom. The van der Waals surface area contributed by atoms with Gasteiger partial charge in [-0.2, -0.15) is 0 Å². The molecule has 5 heteroatoms. The normalized spacial score (nSPS) is 11.7. The van der Waals surface area contributed by atoms with Crippen LogP contribution in [0.25, 0.3) is 0 Å². The van der Waals surface area contributed by atoms with Crippen LogP contribution in [0, 0.1) is 0 Å². The Morgan fingerprint density at radius 2 is 1.17 bits per heavy atom. The van der Waals surface area contributed by atoms with Crippen LogP contribution in [0.3, 0.4) is 0 Å². The smallest absolute Gasteiger partial charge is 0.238 e. The minimum absolute atomic E-state index is 0.0990. The van der Waals surface area contributed by atoms with Gasteiger partial charge in [-0.3, -0.25) is 0 Å². The van der Waals surface area contributed by atoms with Crippen molar-refractivity contribution >= 4 is 10.0 Å². The maximum absolute atomic E-state index is 11.3. The van der Waals surface area contributed by atoms with E-state index in [1.807, 2.05) is 0 Å². The van der Waals surface area contributed by atoms with Gasteiger partial charge in [-0.15, -0.1) is 0 Å². The maximum Gasteiger partial charge on any atom is 0.238 e. The van der Waals surface area contributed by atoms with Gasteiger partial charge in [0.2, 0.25) is 10.0 Å². The number of hydrogen-bond acceptors (Lipinski definition) is 3. The van der Waals surface area contributed by atoms with E-state index in [4.69, 9.17) is 9.88 Å². The summed E-state index contributed by atoms with van der Waals surface area (Å²) in [5, 5.41) is 5.14. The summed E-state index contributed by atoms with van der Waals surface area (Å²) < 4.78 is 28.3. The SMILES string of the molecule is CCCCCCCCCCCCCCCCCCOc1cccc(S(N)(=O)=O)c1. The first kappa shape index (κ1) is 26.0. The zero-order chi connectivity index (χ0) is 21.2. The molecule has 0 amide bonds. The number of hydrogen-bond donors (Lipinski definition) is 1. The second kappa shape index (κ2) is 16.7. The molecule has 4 nitrogen and oxygen atoms in total. The fourth-order valence-corrected chi connectivity index (χ4v) is 4.13. The van der Waals surface area contributed by atoms with Crippen molar-refractivity contribution in [2.45, 2.75) is 115 Å². The lowest BCUT2D eigenvalue weighted by Crippen LogP contribution is -2.12. The number of nitrogens with two attached hydrogens (primary N) is 1. The van der Waals surface area contributed by atoms with Crippen LogP contribution >= 0.6 is 0 Å². The molecular formula is C24H43NO3S. The number of rotatable bonds is 19. The Hall–Kier alpha value is -1.07. The molecule has 0 unspecified atom stereocenters. The highest BCUT2D eigenvalue weighted by molar-refractivity contribution is 7.89. The summed E-state index contributed by atoms with van der Waals surface area (Å²) in [6, 6.07) is 6.39. The summed E-state index contributed by atoms with van der Waals surface area (Å²) in [5.74, 6) is 0.567. The van der Waals surface area contributed by atoms with Crippen LogP contribution in [0.4, 0.5) is 0 Å². The quantitative estimate of drug-likeness (QED) is 0.243. The third-order valence-electron chi connectivity index (χ3n) is 5.40. The van der Waals surface area contributed by atoms with E-state index in [1.54, 1.807) is 12.1 Å². The van der Waals surface area contributed by atoms with E-state index in [1.165, 1.54) is 102 Å². The van der Waals surface area contributed by atoms with Gasteiger partial charge < -0.3 is 4.74 Å². The summed E-state index contributed by atoms with van der Waals surface area (Å²) >= 11 is 0. The number of ether oxygens (including phenoxy) is 1. The van der Waals surface area contributed by atoms with Crippen LogP contribution in [0.15, 0.2) is 29.2 Å². The first-order valence-electron chi connectivity index (χ1n) is 11.8. The van der Waals surface area contributed by atoms with E-state index >= 15 is 0 Å². The Morgan fingerprint density at radius 1 is 0.724 bits per heavy atom. The van der Waals surface area contributed by atoms with Crippen LogP contribution in [0.5, 0.6) is 5.75 Å². The van der Waals surface area contributed by atoms with Crippen LogP contribution in [-0.4, -0.2) is 15.0 Å². The van der Waals surface area contributed by atoms with Crippen molar-refractivity contribution in [1.29, 1.82) is 0 Å². The van der Waals surface area contributed by atoms with Crippen molar-refractivity contribution in [2.75, 3.05) is 6.61 Å². The van der Waals surface area contributed by atoms with Gasteiger partial charge in [0.15, 0.2) is 0 Å². The molecule has 29 heavy (non-hydrogen) atoms. The van der Waals surface area contributed by atoms with Crippen LogP contribution in [0.1, 0.15) is 110 Å². The molecule has 0 heterocycles. The highest BCUT2D eigenvalue weighted by atomic mass is 32.2. The lowest BCUT2D eigenvalue weighted by molar-refractivity contribution is 0.303. The molecule has 0 radical (unpaired) electrons. The summed E-state index contributed by atoms with van der Waals surface area (Å²) in [4.78, 5) is 0.0990. The van der Waals surface area contributed by atoms with Gasteiger partial charge >= 0.3 is 0 Å². The average molecular weight is 426 g/mol. The molecule has 0 spiro atoms. The third kappa shape index (κ3) is 14.5. The molecule has 2 N–H and O–H groups in total. The molecule has 0 fully saturated rings. The Balaban J connectivity index is 1.86. The Kier molecular flexibility index (Phi) is 15.0. The van der Waals surface area contributed by atoms with Crippen LogP contribution in [0.2, 0.25) is 0 Å². The predicted molar refractivity (Wildman–Crippen MR) is 123 cm³/mol. The van der Waals surface area contributed by atoms with Crippen LogP contribution in [-0.2, 0) is 10.0 Å². The van der Waals surface area contributed by atoms with Gasteiger partial charge in [-0.05, 0) is 18.6 Å². The second-order valence-corrected chi connectivity index (χ2v) is 9.73. The number of benzene rings is 1. The van der Waals surface area contributed by atoms with E-state index in [-0.39, 0.29) is 4.90 Å². The van der Waals surface area contributed by atoms with E-state index in [0.717, 1.165) is 12.8 Å². The van der Waals surface area contributed by atoms with E-state index in [0.29, 0.717) is 12.4 Å². The standard InChI is InChI=1S/C24H43NO3S/c1-2-3-4-5-6-7-8-9-10-11-12-13-14-15-16-17-21-28-23-19-18-20-24(22-23)29(25,26)27/h18-20,22H,2-17,21H2,1H3,(H2,25,26,27). The van der Waals surface area contributed by atoms with Crippen molar-refractivity contribution in [2.24, 2.45) is 5.14 Å². The molecule has 0 atom stereocenters. The summed E-state index contributed by atoms with van der Waals surface area (Å²) in [7, 11) is -3.67. The third-order valence-corrected chi connectivity index (χ3v) is 6.31. The van der Waals surface area contributed by atoms with Crippen molar-refractivity contribution in [1.82, 2.24) is 0 Å². The van der Waals surface area contributed by atoms with Gasteiger partial charge in [-0.1, -0.05) is 109 Å². The molecule has 1 rings (SSSR count). The number of primary sulfonamides is 1. The molecule has 0 aliphatic rings. The van der Waals surface area contributed by atoms with Gasteiger partial charge in [0, 0.05) is 6.07 Å². The monoisotopic (exact) mass is 425 g/mol. The van der Waals surface area contributed by atoms with Crippen molar-refractivity contribution in [3.63, 3.8) is 0 Å². The van der Waals surface area contributed by atoms with Crippen molar-refractivity contribution in [3.05, 3.63) is 24.3 Å². The van der Waals surface area contributed by atoms with Gasteiger partial charge in [0.25, 0.3) is 0 Å². The summed E-state index contributed by atoms with van der Waals surface area (Å²) in [6.45, 7) is 2.89. The minimum Gasteiger partial charge on any atom is -0.494 e. The zero-order valence-corrected chi connectivity index (χ0v) is 19.4. The lowest BCUT2D eigenvalue weighted by Gasteiger charge is -2.07. The van der Waals surface area contributed by atoms with Crippen molar-refractivity contribution < 1.29 is 13.2 Å². The van der Waals surface area contributed by atoms with Crippen LogP contribution < -0.4 is 9.88 Å². The first-order valence-corrected chi connectivity index (χ1v) is 13.3. The summed E-state index contributed by atoms with van der Waals surface area (Å²) in [5.41, 5.74) is 0.